The highest BCUT2D eigenvalue weighted by atomic mass is 16.3. The molecule has 0 saturated carbocycles. The molecule has 0 saturated heterocycles. The van der Waals surface area contributed by atoms with Crippen molar-refractivity contribution in [2.24, 2.45) is 0 Å². The Bertz CT molecular complexity index is 180. The monoisotopic (exact) mass is 286 g/mol. The van der Waals surface area contributed by atoms with Crippen LogP contribution in [-0.2, 0) is 0 Å². The van der Waals surface area contributed by atoms with E-state index in [-0.39, 0.29) is 12.2 Å². The summed E-state index contributed by atoms with van der Waals surface area (Å²) in [6, 6.07) is 0. The molecule has 0 amide bonds. The third-order valence-electron chi connectivity index (χ3n) is 4.05. The SMILES string of the molecule is CCCCCCCCCCCCC(O)CCCC(C)O. The van der Waals surface area contributed by atoms with Crippen LogP contribution in [0.3, 0.4) is 0 Å². The van der Waals surface area contributed by atoms with Crippen molar-refractivity contribution in [2.45, 2.75) is 116 Å². The molecule has 0 radical (unpaired) electrons. The molecule has 2 heteroatoms. The minimum atomic E-state index is -0.223. The molecule has 2 atom stereocenters. The molecule has 0 aliphatic carbocycles. The van der Waals surface area contributed by atoms with Gasteiger partial charge >= 0.3 is 0 Å². The highest BCUT2D eigenvalue weighted by molar-refractivity contribution is 4.58. The Hall–Kier alpha value is -0.0800. The van der Waals surface area contributed by atoms with Crippen molar-refractivity contribution in [1.82, 2.24) is 0 Å². The van der Waals surface area contributed by atoms with Crippen molar-refractivity contribution in [3.63, 3.8) is 0 Å². The van der Waals surface area contributed by atoms with Crippen molar-refractivity contribution in [1.29, 1.82) is 0 Å². The Balaban J connectivity index is 3.11. The van der Waals surface area contributed by atoms with E-state index in [1.54, 1.807) is 0 Å². The maximum atomic E-state index is 9.80. The summed E-state index contributed by atoms with van der Waals surface area (Å²) in [5.74, 6) is 0. The molecular weight excluding hydrogens is 248 g/mol. The van der Waals surface area contributed by atoms with Gasteiger partial charge in [-0.2, -0.15) is 0 Å². The molecule has 0 spiro atoms. The third kappa shape index (κ3) is 16.0. The van der Waals surface area contributed by atoms with Gasteiger partial charge in [-0.05, 0) is 32.6 Å². The van der Waals surface area contributed by atoms with Gasteiger partial charge in [-0.3, -0.25) is 0 Å². The molecule has 122 valence electrons. The van der Waals surface area contributed by atoms with Gasteiger partial charge < -0.3 is 10.2 Å². The summed E-state index contributed by atoms with van der Waals surface area (Å²) in [6.45, 7) is 4.08. The van der Waals surface area contributed by atoms with E-state index in [1.807, 2.05) is 6.92 Å². The smallest absolute Gasteiger partial charge is 0.0540 e. The second kappa shape index (κ2) is 15.3. The van der Waals surface area contributed by atoms with Crippen LogP contribution in [0.5, 0.6) is 0 Å². The molecule has 0 heterocycles. The Morgan fingerprint density at radius 2 is 1.05 bits per heavy atom. The van der Waals surface area contributed by atoms with Crippen LogP contribution < -0.4 is 0 Å². The van der Waals surface area contributed by atoms with Crippen LogP contribution in [0, 0.1) is 0 Å². The normalized spacial score (nSPS) is 14.4. The fraction of sp³-hybridized carbons (Fsp3) is 1.00. The lowest BCUT2D eigenvalue weighted by atomic mass is 10.0. The fourth-order valence-corrected chi connectivity index (χ4v) is 2.66. The topological polar surface area (TPSA) is 40.5 Å². The molecule has 0 aromatic heterocycles. The summed E-state index contributed by atoms with van der Waals surface area (Å²) in [5, 5.41) is 19.0. The van der Waals surface area contributed by atoms with Crippen LogP contribution in [0.1, 0.15) is 104 Å². The molecule has 2 N–H and O–H groups in total. The first-order valence-electron chi connectivity index (χ1n) is 9.03. The van der Waals surface area contributed by atoms with Crippen LogP contribution in [0.25, 0.3) is 0 Å². The van der Waals surface area contributed by atoms with Gasteiger partial charge in [0.25, 0.3) is 0 Å². The predicted octanol–water partition coefficient (Wildman–Crippen LogP) is 5.21. The Labute approximate surface area is 127 Å². The fourth-order valence-electron chi connectivity index (χ4n) is 2.66. The van der Waals surface area contributed by atoms with E-state index < -0.39 is 0 Å². The zero-order valence-corrected chi connectivity index (χ0v) is 13.9. The summed E-state index contributed by atoms with van der Waals surface area (Å²) in [4.78, 5) is 0. The molecule has 0 rings (SSSR count). The van der Waals surface area contributed by atoms with Gasteiger partial charge in [0.1, 0.15) is 0 Å². The van der Waals surface area contributed by atoms with E-state index in [0.717, 1.165) is 32.1 Å². The van der Waals surface area contributed by atoms with Crippen LogP contribution >= 0.6 is 0 Å². The number of aliphatic hydroxyl groups is 2. The van der Waals surface area contributed by atoms with Crippen molar-refractivity contribution in [2.75, 3.05) is 0 Å². The van der Waals surface area contributed by atoms with Gasteiger partial charge in [0.2, 0.25) is 0 Å². The van der Waals surface area contributed by atoms with E-state index in [4.69, 9.17) is 5.11 Å². The maximum absolute atomic E-state index is 9.80. The van der Waals surface area contributed by atoms with Gasteiger partial charge in [0, 0.05) is 0 Å². The van der Waals surface area contributed by atoms with E-state index in [1.165, 1.54) is 57.8 Å². The van der Waals surface area contributed by atoms with Gasteiger partial charge in [0.05, 0.1) is 12.2 Å². The number of aliphatic hydroxyl groups excluding tert-OH is 2. The van der Waals surface area contributed by atoms with Crippen LogP contribution in [0.4, 0.5) is 0 Å². The maximum Gasteiger partial charge on any atom is 0.0540 e. The highest BCUT2D eigenvalue weighted by Crippen LogP contribution is 2.14. The number of hydrogen-bond acceptors (Lipinski definition) is 2. The zero-order chi connectivity index (χ0) is 15.1. The second-order valence-corrected chi connectivity index (χ2v) is 6.40. The molecule has 0 aromatic carbocycles. The van der Waals surface area contributed by atoms with E-state index in [0.29, 0.717) is 0 Å². The minimum absolute atomic E-state index is 0.150. The van der Waals surface area contributed by atoms with E-state index >= 15 is 0 Å². The first kappa shape index (κ1) is 19.9. The first-order valence-corrected chi connectivity index (χ1v) is 9.03. The lowest BCUT2D eigenvalue weighted by Gasteiger charge is -2.11. The van der Waals surface area contributed by atoms with Gasteiger partial charge in [-0.25, -0.2) is 0 Å². The number of hydrogen-bond donors (Lipinski definition) is 2. The molecule has 0 aliphatic rings. The minimum Gasteiger partial charge on any atom is -0.393 e. The molecule has 0 aromatic rings. The Kier molecular flexibility index (Phi) is 15.3. The number of rotatable bonds is 15. The Morgan fingerprint density at radius 3 is 1.55 bits per heavy atom. The van der Waals surface area contributed by atoms with Crippen LogP contribution in [0.15, 0.2) is 0 Å². The molecule has 0 fully saturated rings. The summed E-state index contributed by atoms with van der Waals surface area (Å²) >= 11 is 0. The summed E-state index contributed by atoms with van der Waals surface area (Å²) in [7, 11) is 0. The quantitative estimate of drug-likeness (QED) is 0.406. The Morgan fingerprint density at radius 1 is 0.600 bits per heavy atom. The first-order chi connectivity index (χ1) is 9.66. The summed E-state index contributed by atoms with van der Waals surface area (Å²) in [6.07, 6.45) is 16.6. The molecule has 2 unspecified atom stereocenters. The molecule has 0 bridgehead atoms. The summed E-state index contributed by atoms with van der Waals surface area (Å²) in [5.41, 5.74) is 0. The average molecular weight is 286 g/mol. The molecule has 0 aliphatic heterocycles. The third-order valence-corrected chi connectivity index (χ3v) is 4.05. The summed E-state index contributed by atoms with van der Waals surface area (Å²) < 4.78 is 0. The van der Waals surface area contributed by atoms with E-state index in [2.05, 4.69) is 6.92 Å². The molecular formula is C18H38O2. The van der Waals surface area contributed by atoms with Crippen molar-refractivity contribution in [3.8, 4) is 0 Å². The average Bonchev–Trinajstić information content (AvgIpc) is 2.40. The predicted molar refractivity (Wildman–Crippen MR) is 88.0 cm³/mol. The molecule has 2 nitrogen and oxygen atoms in total. The van der Waals surface area contributed by atoms with Crippen LogP contribution in [0.2, 0.25) is 0 Å². The van der Waals surface area contributed by atoms with Crippen molar-refractivity contribution < 1.29 is 10.2 Å². The van der Waals surface area contributed by atoms with Gasteiger partial charge in [0.15, 0.2) is 0 Å². The van der Waals surface area contributed by atoms with E-state index in [9.17, 15) is 5.11 Å². The highest BCUT2D eigenvalue weighted by Gasteiger charge is 2.04. The standard InChI is InChI=1S/C18H38O2/c1-3-4-5-6-7-8-9-10-11-12-15-18(20)16-13-14-17(2)19/h17-20H,3-16H2,1-2H3. The van der Waals surface area contributed by atoms with Crippen molar-refractivity contribution in [3.05, 3.63) is 0 Å². The van der Waals surface area contributed by atoms with Crippen molar-refractivity contribution >= 4 is 0 Å². The van der Waals surface area contributed by atoms with Crippen LogP contribution in [-0.4, -0.2) is 22.4 Å². The van der Waals surface area contributed by atoms with Gasteiger partial charge in [-0.15, -0.1) is 0 Å². The lowest BCUT2D eigenvalue weighted by molar-refractivity contribution is 0.133. The second-order valence-electron chi connectivity index (χ2n) is 6.40. The largest absolute Gasteiger partial charge is 0.393 e. The van der Waals surface area contributed by atoms with Gasteiger partial charge in [-0.1, -0.05) is 71.1 Å². The molecule has 20 heavy (non-hydrogen) atoms. The number of unbranched alkanes of at least 4 members (excludes halogenated alkanes) is 9. The lowest BCUT2D eigenvalue weighted by Crippen LogP contribution is -2.08. The zero-order valence-electron chi connectivity index (χ0n) is 13.9.